The summed E-state index contributed by atoms with van der Waals surface area (Å²) in [5.74, 6) is 0.882. The van der Waals surface area contributed by atoms with Crippen molar-refractivity contribution in [3.63, 3.8) is 0 Å². The molecule has 2 heterocycles. The first-order valence-corrected chi connectivity index (χ1v) is 6.37. The first-order chi connectivity index (χ1) is 9.29. The Kier molecular flexibility index (Phi) is 3.67. The molecule has 0 aromatic carbocycles. The van der Waals surface area contributed by atoms with Gasteiger partial charge in [-0.2, -0.15) is 5.10 Å². The van der Waals surface area contributed by atoms with Crippen molar-refractivity contribution in [3.05, 3.63) is 41.1 Å². The summed E-state index contributed by atoms with van der Waals surface area (Å²) in [6.07, 6.45) is 1.65. The topological polar surface area (TPSA) is 80.3 Å². The van der Waals surface area contributed by atoms with Gasteiger partial charge in [0.1, 0.15) is 17.1 Å². The van der Waals surface area contributed by atoms with Crippen molar-refractivity contribution in [3.8, 4) is 0 Å². The Hall–Kier alpha value is -2.08. The standard InChI is InChI=1S/C14H19N3O3/c1-9-5-6-12(20-9)14(3,19)8-15-13(18)11-7-17(4)16-10(11)2/h5-7,19H,8H2,1-4H3,(H,15,18). The Morgan fingerprint density at radius 2 is 2.20 bits per heavy atom. The average Bonchev–Trinajstić information content (AvgIpc) is 2.93. The summed E-state index contributed by atoms with van der Waals surface area (Å²) in [6.45, 7) is 5.23. The number of aliphatic hydroxyl groups is 1. The molecule has 1 amide bonds. The van der Waals surface area contributed by atoms with E-state index in [2.05, 4.69) is 10.4 Å². The molecule has 6 nitrogen and oxygen atoms in total. The van der Waals surface area contributed by atoms with Crippen LogP contribution in [0.4, 0.5) is 0 Å². The van der Waals surface area contributed by atoms with Crippen molar-refractivity contribution in [1.82, 2.24) is 15.1 Å². The Labute approximate surface area is 117 Å². The van der Waals surface area contributed by atoms with Crippen LogP contribution in [-0.4, -0.2) is 27.3 Å². The molecule has 0 fully saturated rings. The summed E-state index contributed by atoms with van der Waals surface area (Å²) in [7, 11) is 1.76. The minimum Gasteiger partial charge on any atom is -0.463 e. The van der Waals surface area contributed by atoms with Gasteiger partial charge in [-0.25, -0.2) is 0 Å². The van der Waals surface area contributed by atoms with E-state index in [4.69, 9.17) is 4.42 Å². The summed E-state index contributed by atoms with van der Waals surface area (Å²) in [5, 5.41) is 17.2. The average molecular weight is 277 g/mol. The van der Waals surface area contributed by atoms with Gasteiger partial charge in [-0.15, -0.1) is 0 Å². The van der Waals surface area contributed by atoms with Gasteiger partial charge < -0.3 is 14.8 Å². The van der Waals surface area contributed by atoms with E-state index in [0.29, 0.717) is 17.0 Å². The molecule has 0 aliphatic carbocycles. The van der Waals surface area contributed by atoms with Crippen LogP contribution in [0.25, 0.3) is 0 Å². The number of hydrogen-bond acceptors (Lipinski definition) is 4. The van der Waals surface area contributed by atoms with Crippen molar-refractivity contribution in [1.29, 1.82) is 0 Å². The number of carbonyl (C=O) groups is 1. The predicted octanol–water partition coefficient (Wildman–Crippen LogP) is 1.27. The number of rotatable bonds is 4. The summed E-state index contributed by atoms with van der Waals surface area (Å²) < 4.78 is 6.98. The normalized spacial score (nSPS) is 14.1. The lowest BCUT2D eigenvalue weighted by Crippen LogP contribution is -2.38. The quantitative estimate of drug-likeness (QED) is 0.882. The second-order valence-electron chi connectivity index (χ2n) is 5.17. The molecule has 1 atom stereocenters. The summed E-state index contributed by atoms with van der Waals surface area (Å²) >= 11 is 0. The number of hydrogen-bond donors (Lipinski definition) is 2. The van der Waals surface area contributed by atoms with Crippen molar-refractivity contribution in [2.45, 2.75) is 26.4 Å². The summed E-state index contributed by atoms with van der Waals surface area (Å²) in [4.78, 5) is 12.1. The number of nitrogens with one attached hydrogen (secondary N) is 1. The van der Waals surface area contributed by atoms with E-state index in [1.807, 2.05) is 0 Å². The number of furan rings is 1. The minimum absolute atomic E-state index is 0.0626. The molecule has 1 unspecified atom stereocenters. The first-order valence-electron chi connectivity index (χ1n) is 6.37. The Bertz CT molecular complexity index is 625. The zero-order chi connectivity index (χ0) is 14.9. The molecule has 20 heavy (non-hydrogen) atoms. The fourth-order valence-corrected chi connectivity index (χ4v) is 1.98. The maximum Gasteiger partial charge on any atom is 0.254 e. The van der Waals surface area contributed by atoms with E-state index in [1.54, 1.807) is 50.8 Å². The van der Waals surface area contributed by atoms with E-state index in [9.17, 15) is 9.90 Å². The molecule has 0 aliphatic heterocycles. The molecule has 0 radical (unpaired) electrons. The van der Waals surface area contributed by atoms with Crippen molar-refractivity contribution >= 4 is 5.91 Å². The molecule has 2 aromatic heterocycles. The third-order valence-electron chi connectivity index (χ3n) is 3.12. The van der Waals surface area contributed by atoms with Crippen LogP contribution in [0.3, 0.4) is 0 Å². The maximum atomic E-state index is 12.1. The van der Waals surface area contributed by atoms with E-state index in [0.717, 1.165) is 5.76 Å². The third-order valence-corrected chi connectivity index (χ3v) is 3.12. The first kappa shape index (κ1) is 14.3. The molecule has 2 N–H and O–H groups in total. The number of amides is 1. The summed E-state index contributed by atoms with van der Waals surface area (Å²) in [6, 6.07) is 3.48. The molecule has 0 saturated carbocycles. The van der Waals surface area contributed by atoms with Crippen LogP contribution in [0, 0.1) is 13.8 Å². The number of nitrogens with zero attached hydrogens (tertiary/aromatic N) is 2. The SMILES string of the molecule is Cc1ccc(C(C)(O)CNC(=O)c2cn(C)nc2C)o1. The third kappa shape index (κ3) is 2.91. The highest BCUT2D eigenvalue weighted by molar-refractivity contribution is 5.95. The van der Waals surface area contributed by atoms with Gasteiger partial charge in [0.2, 0.25) is 0 Å². The van der Waals surface area contributed by atoms with Crippen LogP contribution < -0.4 is 5.32 Å². The molecule has 0 saturated heterocycles. The van der Waals surface area contributed by atoms with Gasteiger partial charge in [-0.1, -0.05) is 0 Å². The Morgan fingerprint density at radius 3 is 2.70 bits per heavy atom. The molecular formula is C14H19N3O3. The van der Waals surface area contributed by atoms with Crippen LogP contribution in [0.1, 0.15) is 34.5 Å². The van der Waals surface area contributed by atoms with Crippen molar-refractivity contribution in [2.24, 2.45) is 7.05 Å². The fourth-order valence-electron chi connectivity index (χ4n) is 1.98. The second-order valence-corrected chi connectivity index (χ2v) is 5.17. The monoisotopic (exact) mass is 277 g/mol. The molecule has 0 bridgehead atoms. The molecular weight excluding hydrogens is 258 g/mol. The Balaban J connectivity index is 2.04. The largest absolute Gasteiger partial charge is 0.463 e. The second kappa shape index (κ2) is 5.13. The smallest absolute Gasteiger partial charge is 0.254 e. The fraction of sp³-hybridized carbons (Fsp3) is 0.429. The van der Waals surface area contributed by atoms with E-state index >= 15 is 0 Å². The van der Waals surface area contributed by atoms with Gasteiger partial charge in [0.25, 0.3) is 5.91 Å². The van der Waals surface area contributed by atoms with Crippen LogP contribution >= 0.6 is 0 Å². The minimum atomic E-state index is -1.25. The van der Waals surface area contributed by atoms with Gasteiger partial charge in [0.05, 0.1) is 17.8 Å². The summed E-state index contributed by atoms with van der Waals surface area (Å²) in [5.41, 5.74) is -0.0996. The number of carbonyl (C=O) groups excluding carboxylic acids is 1. The molecule has 2 aromatic rings. The van der Waals surface area contributed by atoms with Crippen molar-refractivity contribution < 1.29 is 14.3 Å². The van der Waals surface area contributed by atoms with Crippen LogP contribution in [0.15, 0.2) is 22.7 Å². The van der Waals surface area contributed by atoms with Crippen LogP contribution in [0.2, 0.25) is 0 Å². The zero-order valence-corrected chi connectivity index (χ0v) is 12.1. The Morgan fingerprint density at radius 1 is 1.50 bits per heavy atom. The van der Waals surface area contributed by atoms with Gasteiger partial charge in [-0.3, -0.25) is 9.48 Å². The number of aromatic nitrogens is 2. The van der Waals surface area contributed by atoms with Crippen LogP contribution in [0.5, 0.6) is 0 Å². The molecule has 6 heteroatoms. The molecule has 108 valence electrons. The highest BCUT2D eigenvalue weighted by Crippen LogP contribution is 2.22. The highest BCUT2D eigenvalue weighted by Gasteiger charge is 2.28. The van der Waals surface area contributed by atoms with Crippen molar-refractivity contribution in [2.75, 3.05) is 6.54 Å². The van der Waals surface area contributed by atoms with Gasteiger partial charge in [0.15, 0.2) is 0 Å². The highest BCUT2D eigenvalue weighted by atomic mass is 16.4. The van der Waals surface area contributed by atoms with Gasteiger partial charge in [-0.05, 0) is 32.9 Å². The van der Waals surface area contributed by atoms with Crippen LogP contribution in [-0.2, 0) is 12.6 Å². The zero-order valence-electron chi connectivity index (χ0n) is 12.1. The van der Waals surface area contributed by atoms with E-state index in [-0.39, 0.29) is 12.5 Å². The molecule has 0 spiro atoms. The lowest BCUT2D eigenvalue weighted by molar-refractivity contribution is 0.0323. The molecule has 2 rings (SSSR count). The molecule has 0 aliphatic rings. The van der Waals surface area contributed by atoms with E-state index < -0.39 is 5.60 Å². The van der Waals surface area contributed by atoms with E-state index in [1.165, 1.54) is 0 Å². The van der Waals surface area contributed by atoms with Gasteiger partial charge in [0, 0.05) is 13.2 Å². The lowest BCUT2D eigenvalue weighted by Gasteiger charge is -2.21. The maximum absolute atomic E-state index is 12.1. The lowest BCUT2D eigenvalue weighted by atomic mass is 10.0. The predicted molar refractivity (Wildman–Crippen MR) is 73.3 cm³/mol. The van der Waals surface area contributed by atoms with Gasteiger partial charge >= 0.3 is 0 Å². The number of aryl methyl sites for hydroxylation is 3.